The summed E-state index contributed by atoms with van der Waals surface area (Å²) < 4.78 is 24.8. The molecule has 0 spiro atoms. The normalized spacial score (nSPS) is 14.8. The summed E-state index contributed by atoms with van der Waals surface area (Å²) in [5.41, 5.74) is 0. The van der Waals surface area contributed by atoms with Crippen molar-refractivity contribution in [2.75, 3.05) is 12.3 Å². The predicted octanol–water partition coefficient (Wildman–Crippen LogP) is 0.333. The molecule has 0 aromatic heterocycles. The average molecular weight is 209 g/mol. The zero-order chi connectivity index (χ0) is 10.5. The highest BCUT2D eigenvalue weighted by Gasteiger charge is 2.11. The maximum Gasteiger partial charge on any atom is 0.211 e. The lowest BCUT2D eigenvalue weighted by atomic mass is 10.2. The van der Waals surface area contributed by atoms with Crippen molar-refractivity contribution < 1.29 is 13.5 Å². The van der Waals surface area contributed by atoms with Gasteiger partial charge in [-0.15, -0.1) is 0 Å². The van der Waals surface area contributed by atoms with Gasteiger partial charge >= 0.3 is 0 Å². The van der Waals surface area contributed by atoms with Crippen LogP contribution >= 0.6 is 0 Å². The van der Waals surface area contributed by atoms with Gasteiger partial charge in [0.05, 0.1) is 11.9 Å². The Kier molecular flexibility index (Phi) is 5.51. The fourth-order valence-electron chi connectivity index (χ4n) is 0.711. The maximum absolute atomic E-state index is 11.2. The van der Waals surface area contributed by atoms with Crippen LogP contribution in [-0.4, -0.2) is 31.9 Å². The molecule has 0 rings (SSSR count). The smallest absolute Gasteiger partial charge is 0.211 e. The summed E-state index contributed by atoms with van der Waals surface area (Å²) in [7, 11) is -3.18. The predicted molar refractivity (Wildman–Crippen MR) is 52.9 cm³/mol. The van der Waals surface area contributed by atoms with Crippen LogP contribution in [0.1, 0.15) is 27.2 Å². The van der Waals surface area contributed by atoms with E-state index in [0.717, 1.165) is 0 Å². The number of hydrogen-bond donors (Lipinski definition) is 2. The Labute approximate surface area is 80.4 Å². The van der Waals surface area contributed by atoms with E-state index in [4.69, 9.17) is 5.11 Å². The molecule has 0 fully saturated rings. The molecular formula is C8H19NO3S. The first-order valence-corrected chi connectivity index (χ1v) is 6.14. The van der Waals surface area contributed by atoms with Crippen LogP contribution in [-0.2, 0) is 10.0 Å². The summed E-state index contributed by atoms with van der Waals surface area (Å²) in [5.74, 6) is 0.514. The van der Waals surface area contributed by atoms with Gasteiger partial charge < -0.3 is 5.11 Å². The number of aliphatic hydroxyl groups excluding tert-OH is 1. The molecule has 13 heavy (non-hydrogen) atoms. The van der Waals surface area contributed by atoms with Gasteiger partial charge in [-0.05, 0) is 19.3 Å². The van der Waals surface area contributed by atoms with E-state index < -0.39 is 16.1 Å². The number of rotatable bonds is 6. The van der Waals surface area contributed by atoms with Gasteiger partial charge in [0.15, 0.2) is 0 Å². The minimum atomic E-state index is -3.18. The Balaban J connectivity index is 3.81. The fraction of sp³-hybridized carbons (Fsp3) is 1.00. The molecule has 0 heterocycles. The van der Waals surface area contributed by atoms with Gasteiger partial charge in [0.25, 0.3) is 0 Å². The molecule has 0 aliphatic heterocycles. The zero-order valence-electron chi connectivity index (χ0n) is 8.45. The largest absolute Gasteiger partial charge is 0.392 e. The third kappa shape index (κ3) is 8.21. The van der Waals surface area contributed by atoms with Gasteiger partial charge in [-0.25, -0.2) is 13.1 Å². The summed E-state index contributed by atoms with van der Waals surface area (Å²) in [5, 5.41) is 8.87. The second-order valence-corrected chi connectivity index (χ2v) is 5.63. The number of hydrogen-bond acceptors (Lipinski definition) is 3. The van der Waals surface area contributed by atoms with Crippen molar-refractivity contribution in [2.24, 2.45) is 5.92 Å². The first-order valence-electron chi connectivity index (χ1n) is 4.49. The summed E-state index contributed by atoms with van der Waals surface area (Å²) >= 11 is 0. The monoisotopic (exact) mass is 209 g/mol. The van der Waals surface area contributed by atoms with Crippen LogP contribution in [0.15, 0.2) is 0 Å². The highest BCUT2D eigenvalue weighted by molar-refractivity contribution is 7.89. The summed E-state index contributed by atoms with van der Waals surface area (Å²) in [6.07, 6.45) is 0.0172. The Morgan fingerprint density at radius 3 is 2.23 bits per heavy atom. The quantitative estimate of drug-likeness (QED) is 0.662. The third-order valence-corrected chi connectivity index (χ3v) is 2.94. The Morgan fingerprint density at radius 1 is 1.31 bits per heavy atom. The van der Waals surface area contributed by atoms with Gasteiger partial charge in [-0.3, -0.25) is 0 Å². The SMILES string of the molecule is CC(C)CCS(=O)(=O)NC[C@@H](C)O. The lowest BCUT2D eigenvalue weighted by Crippen LogP contribution is -2.32. The van der Waals surface area contributed by atoms with Crippen molar-refractivity contribution in [3.63, 3.8) is 0 Å². The van der Waals surface area contributed by atoms with Gasteiger partial charge in [-0.1, -0.05) is 13.8 Å². The molecule has 0 saturated carbocycles. The fourth-order valence-corrected chi connectivity index (χ4v) is 2.13. The lowest BCUT2D eigenvalue weighted by molar-refractivity contribution is 0.198. The molecule has 80 valence electrons. The molecule has 0 bridgehead atoms. The second kappa shape index (κ2) is 5.57. The van der Waals surface area contributed by atoms with Crippen LogP contribution in [0.4, 0.5) is 0 Å². The molecule has 0 aliphatic rings. The zero-order valence-corrected chi connectivity index (χ0v) is 9.26. The minimum absolute atomic E-state index is 0.0976. The summed E-state index contributed by atoms with van der Waals surface area (Å²) in [6.45, 7) is 5.60. The van der Waals surface area contributed by atoms with Crippen LogP contribution in [0, 0.1) is 5.92 Å². The minimum Gasteiger partial charge on any atom is -0.392 e. The van der Waals surface area contributed by atoms with Gasteiger partial charge in [0, 0.05) is 6.54 Å². The molecular weight excluding hydrogens is 190 g/mol. The average Bonchev–Trinajstić information content (AvgIpc) is 1.98. The number of aliphatic hydroxyl groups is 1. The van der Waals surface area contributed by atoms with Gasteiger partial charge in [-0.2, -0.15) is 0 Å². The molecule has 2 N–H and O–H groups in total. The first kappa shape index (κ1) is 12.9. The first-order chi connectivity index (χ1) is 5.83. The molecule has 0 aromatic carbocycles. The van der Waals surface area contributed by atoms with Crippen LogP contribution in [0.3, 0.4) is 0 Å². The molecule has 0 aromatic rings. The van der Waals surface area contributed by atoms with Crippen molar-refractivity contribution in [3.05, 3.63) is 0 Å². The Hall–Kier alpha value is -0.130. The molecule has 0 unspecified atom stereocenters. The molecule has 4 nitrogen and oxygen atoms in total. The van der Waals surface area contributed by atoms with Crippen LogP contribution in [0.25, 0.3) is 0 Å². The topological polar surface area (TPSA) is 66.4 Å². The maximum atomic E-state index is 11.2. The van der Waals surface area contributed by atoms with Crippen LogP contribution in [0.5, 0.6) is 0 Å². The van der Waals surface area contributed by atoms with E-state index in [2.05, 4.69) is 4.72 Å². The summed E-state index contributed by atoms with van der Waals surface area (Å²) in [4.78, 5) is 0. The van der Waals surface area contributed by atoms with Crippen LogP contribution < -0.4 is 4.72 Å². The highest BCUT2D eigenvalue weighted by atomic mass is 32.2. The standard InChI is InChI=1S/C8H19NO3S/c1-7(2)4-5-13(11,12)9-6-8(3)10/h7-10H,4-6H2,1-3H3/t8-/m1/s1. The van der Waals surface area contributed by atoms with Crippen LogP contribution in [0.2, 0.25) is 0 Å². The number of nitrogens with one attached hydrogen (secondary N) is 1. The van der Waals surface area contributed by atoms with E-state index in [1.54, 1.807) is 6.92 Å². The van der Waals surface area contributed by atoms with E-state index in [1.807, 2.05) is 13.8 Å². The van der Waals surface area contributed by atoms with Crippen molar-refractivity contribution in [1.82, 2.24) is 4.72 Å². The van der Waals surface area contributed by atoms with E-state index >= 15 is 0 Å². The van der Waals surface area contributed by atoms with E-state index in [0.29, 0.717) is 12.3 Å². The lowest BCUT2D eigenvalue weighted by Gasteiger charge is -2.09. The molecule has 5 heteroatoms. The molecule has 0 radical (unpaired) electrons. The highest BCUT2D eigenvalue weighted by Crippen LogP contribution is 2.01. The van der Waals surface area contributed by atoms with E-state index in [-0.39, 0.29) is 12.3 Å². The van der Waals surface area contributed by atoms with Crippen molar-refractivity contribution in [2.45, 2.75) is 33.3 Å². The molecule has 0 amide bonds. The second-order valence-electron chi connectivity index (χ2n) is 3.70. The Bertz CT molecular complexity index is 204. The van der Waals surface area contributed by atoms with Crippen molar-refractivity contribution >= 4 is 10.0 Å². The number of sulfonamides is 1. The van der Waals surface area contributed by atoms with Gasteiger partial charge in [0.2, 0.25) is 10.0 Å². The van der Waals surface area contributed by atoms with Crippen molar-refractivity contribution in [1.29, 1.82) is 0 Å². The molecule has 0 aliphatic carbocycles. The van der Waals surface area contributed by atoms with Crippen molar-refractivity contribution in [3.8, 4) is 0 Å². The Morgan fingerprint density at radius 2 is 1.85 bits per heavy atom. The molecule has 0 saturated heterocycles. The third-order valence-electron chi connectivity index (χ3n) is 1.56. The van der Waals surface area contributed by atoms with E-state index in [9.17, 15) is 8.42 Å². The summed E-state index contributed by atoms with van der Waals surface area (Å²) in [6, 6.07) is 0. The molecule has 1 atom stereocenters. The van der Waals surface area contributed by atoms with Gasteiger partial charge in [0.1, 0.15) is 0 Å². The van der Waals surface area contributed by atoms with E-state index in [1.165, 1.54) is 0 Å².